The summed E-state index contributed by atoms with van der Waals surface area (Å²) < 4.78 is 41.8. The average molecular weight is 381 g/mol. The van der Waals surface area contributed by atoms with Gasteiger partial charge < -0.3 is 4.57 Å². The number of hydrogen-bond acceptors (Lipinski definition) is 2. The molecule has 0 spiro atoms. The second-order valence-electron chi connectivity index (χ2n) is 4.86. The molecule has 1 fully saturated rings. The minimum atomic E-state index is -4.46. The summed E-state index contributed by atoms with van der Waals surface area (Å²) in [4.78, 5) is 0. The predicted octanol–water partition coefficient (Wildman–Crippen LogP) is 4.80. The van der Waals surface area contributed by atoms with Gasteiger partial charge in [-0.05, 0) is 31.0 Å². The molecule has 8 heteroatoms. The second-order valence-corrected chi connectivity index (χ2v) is 6.05. The molecule has 2 aromatic rings. The molecule has 1 aromatic heterocycles. The van der Waals surface area contributed by atoms with Gasteiger partial charge in [0.15, 0.2) is 5.82 Å². The lowest BCUT2D eigenvalue weighted by Crippen LogP contribution is -2.10. The van der Waals surface area contributed by atoms with Gasteiger partial charge in [0, 0.05) is 16.1 Å². The Hall–Kier alpha value is -1.08. The van der Waals surface area contributed by atoms with Crippen LogP contribution in [0.2, 0.25) is 0 Å². The first-order chi connectivity index (χ1) is 9.91. The van der Waals surface area contributed by atoms with Gasteiger partial charge in [0.05, 0.1) is 11.4 Å². The highest BCUT2D eigenvalue weighted by atomic mass is 79.9. The fourth-order valence-electron chi connectivity index (χ4n) is 2.26. The molecule has 21 heavy (non-hydrogen) atoms. The molecular formula is C13H10BrClF3N3. The maximum Gasteiger partial charge on any atom is 0.417 e. The molecule has 0 saturated heterocycles. The van der Waals surface area contributed by atoms with Gasteiger partial charge in [-0.1, -0.05) is 15.9 Å². The molecule has 0 atom stereocenters. The highest BCUT2D eigenvalue weighted by Crippen LogP contribution is 2.43. The van der Waals surface area contributed by atoms with Crippen molar-refractivity contribution in [3.8, 4) is 11.4 Å². The van der Waals surface area contributed by atoms with Crippen LogP contribution in [0.1, 0.15) is 30.3 Å². The first-order valence-electron chi connectivity index (χ1n) is 6.28. The normalized spacial score (nSPS) is 15.5. The van der Waals surface area contributed by atoms with Crippen molar-refractivity contribution < 1.29 is 13.2 Å². The number of halogens is 5. The van der Waals surface area contributed by atoms with Gasteiger partial charge in [0.25, 0.3) is 0 Å². The molecule has 1 aliphatic rings. The quantitative estimate of drug-likeness (QED) is 0.716. The van der Waals surface area contributed by atoms with E-state index in [0.717, 1.165) is 18.9 Å². The smallest absolute Gasteiger partial charge is 0.307 e. The molecule has 1 saturated carbocycles. The van der Waals surface area contributed by atoms with Crippen LogP contribution >= 0.6 is 27.5 Å². The lowest BCUT2D eigenvalue weighted by atomic mass is 10.1. The van der Waals surface area contributed by atoms with Crippen molar-refractivity contribution in [3.05, 3.63) is 34.1 Å². The number of alkyl halides is 4. The standard InChI is InChI=1S/C13H10BrClF3N3/c14-7-1-4-9(10(5-7)13(16,17)18)12-20-19-11(6-15)21(12)8-2-3-8/h1,4-5,8H,2-3,6H2. The van der Waals surface area contributed by atoms with Crippen LogP contribution in [0.25, 0.3) is 11.4 Å². The van der Waals surface area contributed by atoms with Crippen molar-refractivity contribution in [3.63, 3.8) is 0 Å². The molecule has 1 heterocycles. The third kappa shape index (κ3) is 2.81. The molecule has 0 unspecified atom stereocenters. The zero-order valence-corrected chi connectivity index (χ0v) is 13.0. The Balaban J connectivity index is 2.19. The van der Waals surface area contributed by atoms with Crippen molar-refractivity contribution in [1.29, 1.82) is 0 Å². The minimum absolute atomic E-state index is 0.0291. The van der Waals surface area contributed by atoms with Crippen LogP contribution in [-0.4, -0.2) is 14.8 Å². The maximum atomic E-state index is 13.2. The Morgan fingerprint density at radius 2 is 2.00 bits per heavy atom. The van der Waals surface area contributed by atoms with Crippen LogP contribution in [0.3, 0.4) is 0 Å². The summed E-state index contributed by atoms with van der Waals surface area (Å²) in [5.74, 6) is 0.861. The van der Waals surface area contributed by atoms with Gasteiger partial charge >= 0.3 is 6.18 Å². The zero-order chi connectivity index (χ0) is 15.2. The zero-order valence-electron chi connectivity index (χ0n) is 10.7. The summed E-state index contributed by atoms with van der Waals surface area (Å²) in [5, 5.41) is 7.86. The largest absolute Gasteiger partial charge is 0.417 e. The summed E-state index contributed by atoms with van der Waals surface area (Å²) in [7, 11) is 0. The van der Waals surface area contributed by atoms with E-state index in [2.05, 4.69) is 26.1 Å². The molecule has 3 rings (SSSR count). The van der Waals surface area contributed by atoms with Crippen molar-refractivity contribution in [2.75, 3.05) is 0 Å². The van der Waals surface area contributed by atoms with Crippen molar-refractivity contribution >= 4 is 27.5 Å². The van der Waals surface area contributed by atoms with Gasteiger partial charge in [-0.15, -0.1) is 21.8 Å². The van der Waals surface area contributed by atoms with E-state index >= 15 is 0 Å². The average Bonchev–Trinajstić information content (AvgIpc) is 3.17. The van der Waals surface area contributed by atoms with E-state index in [-0.39, 0.29) is 23.3 Å². The van der Waals surface area contributed by atoms with E-state index in [1.807, 2.05) is 0 Å². The van der Waals surface area contributed by atoms with Gasteiger partial charge in [-0.25, -0.2) is 0 Å². The fraction of sp³-hybridized carbons (Fsp3) is 0.385. The maximum absolute atomic E-state index is 13.2. The summed E-state index contributed by atoms with van der Waals surface area (Å²) in [6.45, 7) is 0. The highest BCUT2D eigenvalue weighted by molar-refractivity contribution is 9.10. The van der Waals surface area contributed by atoms with Crippen molar-refractivity contribution in [2.24, 2.45) is 0 Å². The molecule has 112 valence electrons. The van der Waals surface area contributed by atoms with Crippen LogP contribution in [-0.2, 0) is 12.1 Å². The molecule has 0 aliphatic heterocycles. The number of benzene rings is 1. The Morgan fingerprint density at radius 1 is 1.29 bits per heavy atom. The minimum Gasteiger partial charge on any atom is -0.307 e. The Morgan fingerprint density at radius 3 is 2.57 bits per heavy atom. The molecule has 0 radical (unpaired) electrons. The fourth-order valence-corrected chi connectivity index (χ4v) is 2.80. The van der Waals surface area contributed by atoms with E-state index in [1.165, 1.54) is 6.07 Å². The van der Waals surface area contributed by atoms with Crippen molar-refractivity contribution in [2.45, 2.75) is 30.9 Å². The van der Waals surface area contributed by atoms with E-state index in [4.69, 9.17) is 11.6 Å². The van der Waals surface area contributed by atoms with Crippen LogP contribution in [0.5, 0.6) is 0 Å². The first-order valence-corrected chi connectivity index (χ1v) is 7.61. The molecule has 3 nitrogen and oxygen atoms in total. The lowest BCUT2D eigenvalue weighted by molar-refractivity contribution is -0.137. The highest BCUT2D eigenvalue weighted by Gasteiger charge is 2.37. The monoisotopic (exact) mass is 379 g/mol. The van der Waals surface area contributed by atoms with Gasteiger partial charge in [-0.2, -0.15) is 13.2 Å². The summed E-state index contributed by atoms with van der Waals surface area (Å²) in [6.07, 6.45) is -2.64. The van der Waals surface area contributed by atoms with Gasteiger partial charge in [0.2, 0.25) is 0 Å². The summed E-state index contributed by atoms with van der Waals surface area (Å²) in [5.41, 5.74) is -0.700. The van der Waals surface area contributed by atoms with Crippen LogP contribution in [0.15, 0.2) is 22.7 Å². The molecule has 0 bridgehead atoms. The third-order valence-electron chi connectivity index (χ3n) is 3.33. The molecule has 1 aliphatic carbocycles. The van der Waals surface area contributed by atoms with E-state index in [0.29, 0.717) is 10.3 Å². The summed E-state index contributed by atoms with van der Waals surface area (Å²) in [6, 6.07) is 4.18. The Kier molecular flexibility index (Phi) is 3.73. The van der Waals surface area contributed by atoms with Crippen LogP contribution < -0.4 is 0 Å². The number of aromatic nitrogens is 3. The number of hydrogen-bond donors (Lipinski definition) is 0. The molecule has 0 amide bonds. The van der Waals surface area contributed by atoms with Gasteiger partial charge in [0.1, 0.15) is 5.82 Å². The Labute approximate surface area is 132 Å². The lowest BCUT2D eigenvalue weighted by Gasteiger charge is -2.14. The summed E-state index contributed by atoms with van der Waals surface area (Å²) >= 11 is 8.88. The SMILES string of the molecule is FC(F)(F)c1cc(Br)ccc1-c1nnc(CCl)n1C1CC1. The van der Waals surface area contributed by atoms with Crippen LogP contribution in [0, 0.1) is 0 Å². The van der Waals surface area contributed by atoms with Crippen LogP contribution in [0.4, 0.5) is 13.2 Å². The molecule has 1 aromatic carbocycles. The molecule has 0 N–H and O–H groups in total. The number of nitrogens with zero attached hydrogens (tertiary/aromatic N) is 3. The third-order valence-corrected chi connectivity index (χ3v) is 4.06. The second kappa shape index (κ2) is 5.28. The van der Waals surface area contributed by atoms with E-state index in [9.17, 15) is 13.2 Å². The van der Waals surface area contributed by atoms with Gasteiger partial charge in [-0.3, -0.25) is 0 Å². The topological polar surface area (TPSA) is 30.7 Å². The van der Waals surface area contributed by atoms with E-state index in [1.54, 1.807) is 10.6 Å². The van der Waals surface area contributed by atoms with Crippen molar-refractivity contribution in [1.82, 2.24) is 14.8 Å². The Bertz CT molecular complexity index is 680. The first kappa shape index (κ1) is 14.8. The molecular weight excluding hydrogens is 371 g/mol. The predicted molar refractivity (Wildman–Crippen MR) is 76.0 cm³/mol. The van der Waals surface area contributed by atoms with E-state index < -0.39 is 11.7 Å². The number of rotatable bonds is 3.